The van der Waals surface area contributed by atoms with Crippen molar-refractivity contribution in [2.45, 2.75) is 18.3 Å². The summed E-state index contributed by atoms with van der Waals surface area (Å²) < 4.78 is 6.82. The van der Waals surface area contributed by atoms with Crippen LogP contribution < -0.4 is 0 Å². The second-order valence-electron chi connectivity index (χ2n) is 16.2. The summed E-state index contributed by atoms with van der Waals surface area (Å²) in [5.41, 5.74) is 16.2. The Morgan fingerprint density at radius 1 is 0.387 bits per heavy atom. The molecule has 4 heteroatoms. The standard InChI is InChI=1S/C58H39N3O/c1-4-16-38(17-5-1)55-59-56(39-18-6-2-7-19-39)61-57(60-55)44-23-15-22-42(35-44)40-20-14-21-41(34-40)43-30-32-49-50-33-31-46(37-54(50)62-53(49)36-43)58(45-24-8-3-9-25-45)51-28-12-10-26-47(51)48-27-11-13-29-52(48)58/h1,3-6,8-37H,2,7H2. The van der Waals surface area contributed by atoms with Gasteiger partial charge in [-0.05, 0) is 98.8 Å². The second kappa shape index (κ2) is 14.6. The molecule has 0 radical (unpaired) electrons. The van der Waals surface area contributed by atoms with Crippen LogP contribution >= 0.6 is 0 Å². The lowest BCUT2D eigenvalue weighted by Crippen LogP contribution is -2.28. The molecule has 0 amide bonds. The third-order valence-corrected chi connectivity index (χ3v) is 12.6. The van der Waals surface area contributed by atoms with Crippen LogP contribution in [-0.2, 0) is 5.41 Å². The van der Waals surface area contributed by atoms with Crippen LogP contribution in [-0.4, -0.2) is 15.0 Å². The molecule has 62 heavy (non-hydrogen) atoms. The van der Waals surface area contributed by atoms with E-state index in [9.17, 15) is 0 Å². The molecule has 2 aliphatic rings. The summed E-state index contributed by atoms with van der Waals surface area (Å²) in [6, 6.07) is 69.4. The highest BCUT2D eigenvalue weighted by Gasteiger charge is 2.46. The zero-order valence-electron chi connectivity index (χ0n) is 33.9. The van der Waals surface area contributed by atoms with Crippen LogP contribution in [0.25, 0.3) is 83.7 Å². The van der Waals surface area contributed by atoms with E-state index < -0.39 is 5.41 Å². The molecule has 0 aliphatic heterocycles. The zero-order valence-corrected chi connectivity index (χ0v) is 33.9. The Labute approximate surface area is 360 Å². The number of aromatic nitrogens is 3. The molecule has 0 bridgehead atoms. The summed E-state index contributed by atoms with van der Waals surface area (Å²) in [5.74, 6) is 2.01. The predicted octanol–water partition coefficient (Wildman–Crippen LogP) is 14.5. The van der Waals surface area contributed by atoms with E-state index in [-0.39, 0.29) is 0 Å². The number of rotatable bonds is 7. The number of hydrogen-bond donors (Lipinski definition) is 0. The first-order valence-corrected chi connectivity index (χ1v) is 21.3. The van der Waals surface area contributed by atoms with E-state index in [0.29, 0.717) is 17.5 Å². The van der Waals surface area contributed by atoms with E-state index in [1.165, 1.54) is 33.4 Å². The van der Waals surface area contributed by atoms with Crippen molar-refractivity contribution in [3.63, 3.8) is 0 Å². The SMILES string of the molecule is C1=CC(c2nc(-c3ccccc3)nc(-c3cccc(-c4cccc(-c5ccc6c(c5)oc5cc(C7(c8ccccc8)c8ccccc8-c8ccccc87)ccc56)c4)c3)n2)=CCC1. The van der Waals surface area contributed by atoms with Crippen LogP contribution in [0.5, 0.6) is 0 Å². The average Bonchev–Trinajstić information content (AvgIpc) is 3.88. The van der Waals surface area contributed by atoms with Crippen LogP contribution in [0.3, 0.4) is 0 Å². The van der Waals surface area contributed by atoms with Crippen molar-refractivity contribution in [1.82, 2.24) is 15.0 Å². The van der Waals surface area contributed by atoms with Crippen molar-refractivity contribution in [2.75, 3.05) is 0 Å². The first kappa shape index (κ1) is 35.9. The molecular weight excluding hydrogens is 755 g/mol. The molecule has 0 atom stereocenters. The number of hydrogen-bond acceptors (Lipinski definition) is 4. The van der Waals surface area contributed by atoms with Crippen LogP contribution in [0.1, 0.15) is 40.9 Å². The van der Waals surface area contributed by atoms with Gasteiger partial charge in [-0.2, -0.15) is 0 Å². The van der Waals surface area contributed by atoms with E-state index in [0.717, 1.165) is 73.7 Å². The smallest absolute Gasteiger partial charge is 0.164 e. The molecular formula is C58H39N3O. The summed E-state index contributed by atoms with van der Waals surface area (Å²) in [7, 11) is 0. The molecule has 0 N–H and O–H groups in total. The van der Waals surface area contributed by atoms with E-state index in [4.69, 9.17) is 19.4 Å². The Bertz CT molecular complexity index is 3370. The zero-order chi connectivity index (χ0) is 41.0. The maximum Gasteiger partial charge on any atom is 0.164 e. The van der Waals surface area contributed by atoms with Crippen LogP contribution in [0.15, 0.2) is 217 Å². The maximum absolute atomic E-state index is 6.82. The van der Waals surface area contributed by atoms with Crippen molar-refractivity contribution in [2.24, 2.45) is 0 Å². The van der Waals surface area contributed by atoms with Gasteiger partial charge in [-0.3, -0.25) is 0 Å². The molecule has 4 nitrogen and oxygen atoms in total. The van der Waals surface area contributed by atoms with Crippen molar-refractivity contribution >= 4 is 27.5 Å². The summed E-state index contributed by atoms with van der Waals surface area (Å²) in [6.07, 6.45) is 8.53. The number of nitrogens with zero attached hydrogens (tertiary/aromatic N) is 3. The summed E-state index contributed by atoms with van der Waals surface area (Å²) >= 11 is 0. The Kier molecular flexibility index (Phi) is 8.49. The molecule has 2 aliphatic carbocycles. The predicted molar refractivity (Wildman–Crippen MR) is 253 cm³/mol. The van der Waals surface area contributed by atoms with Crippen LogP contribution in [0.2, 0.25) is 0 Å². The third-order valence-electron chi connectivity index (χ3n) is 12.6. The van der Waals surface area contributed by atoms with Crippen molar-refractivity contribution in [3.05, 3.63) is 240 Å². The molecule has 0 fully saturated rings. The minimum atomic E-state index is -0.481. The molecule has 292 valence electrons. The van der Waals surface area contributed by atoms with Gasteiger partial charge >= 0.3 is 0 Å². The number of furan rings is 1. The maximum atomic E-state index is 6.82. The van der Waals surface area contributed by atoms with Crippen molar-refractivity contribution in [3.8, 4) is 56.2 Å². The van der Waals surface area contributed by atoms with Crippen LogP contribution in [0.4, 0.5) is 0 Å². The Morgan fingerprint density at radius 2 is 0.919 bits per heavy atom. The highest BCUT2D eigenvalue weighted by atomic mass is 16.3. The lowest BCUT2D eigenvalue weighted by molar-refractivity contribution is 0.666. The van der Waals surface area contributed by atoms with Gasteiger partial charge in [0.1, 0.15) is 11.2 Å². The Hall–Kier alpha value is -7.95. The van der Waals surface area contributed by atoms with Gasteiger partial charge in [0.2, 0.25) is 0 Å². The minimum absolute atomic E-state index is 0.481. The lowest BCUT2D eigenvalue weighted by Gasteiger charge is -2.33. The first-order chi connectivity index (χ1) is 30.7. The minimum Gasteiger partial charge on any atom is -0.456 e. The van der Waals surface area contributed by atoms with E-state index >= 15 is 0 Å². The Morgan fingerprint density at radius 3 is 1.60 bits per heavy atom. The average molecular weight is 794 g/mol. The van der Waals surface area contributed by atoms with Gasteiger partial charge in [-0.1, -0.05) is 182 Å². The summed E-state index contributed by atoms with van der Waals surface area (Å²) in [6.45, 7) is 0. The van der Waals surface area contributed by atoms with Gasteiger partial charge < -0.3 is 4.42 Å². The summed E-state index contributed by atoms with van der Waals surface area (Å²) in [5, 5.41) is 2.21. The van der Waals surface area contributed by atoms with E-state index in [1.54, 1.807) is 0 Å². The largest absolute Gasteiger partial charge is 0.456 e. The van der Waals surface area contributed by atoms with E-state index in [1.807, 2.05) is 30.3 Å². The molecule has 0 saturated heterocycles. The highest BCUT2D eigenvalue weighted by Crippen LogP contribution is 2.56. The second-order valence-corrected chi connectivity index (χ2v) is 16.2. The Balaban J connectivity index is 0.919. The number of benzene rings is 8. The summed E-state index contributed by atoms with van der Waals surface area (Å²) in [4.78, 5) is 14.9. The molecule has 12 rings (SSSR count). The van der Waals surface area contributed by atoms with Crippen molar-refractivity contribution in [1.29, 1.82) is 0 Å². The fourth-order valence-electron chi connectivity index (χ4n) is 9.75. The van der Waals surface area contributed by atoms with E-state index in [2.05, 4.69) is 182 Å². The molecule has 10 aromatic rings. The monoisotopic (exact) mass is 793 g/mol. The molecule has 0 spiro atoms. The van der Waals surface area contributed by atoms with Gasteiger partial charge in [-0.15, -0.1) is 0 Å². The van der Waals surface area contributed by atoms with Gasteiger partial charge in [0.25, 0.3) is 0 Å². The fraction of sp³-hybridized carbons (Fsp3) is 0.0517. The molecule has 0 unspecified atom stereocenters. The third kappa shape index (κ3) is 5.87. The lowest BCUT2D eigenvalue weighted by atomic mass is 9.67. The number of allylic oxidation sites excluding steroid dienone is 4. The number of fused-ring (bicyclic) bond motifs is 6. The molecule has 8 aromatic carbocycles. The van der Waals surface area contributed by atoms with Crippen molar-refractivity contribution < 1.29 is 4.42 Å². The molecule has 2 heterocycles. The molecule has 2 aromatic heterocycles. The van der Waals surface area contributed by atoms with Gasteiger partial charge in [-0.25, -0.2) is 15.0 Å². The normalized spacial score (nSPS) is 13.8. The topological polar surface area (TPSA) is 51.8 Å². The molecule has 0 saturated carbocycles. The first-order valence-electron chi connectivity index (χ1n) is 21.3. The quantitative estimate of drug-likeness (QED) is 0.161. The highest BCUT2D eigenvalue weighted by molar-refractivity contribution is 6.06. The van der Waals surface area contributed by atoms with Crippen LogP contribution in [0, 0.1) is 0 Å². The van der Waals surface area contributed by atoms with Gasteiger partial charge in [0.05, 0.1) is 5.41 Å². The fourth-order valence-corrected chi connectivity index (χ4v) is 9.75. The van der Waals surface area contributed by atoms with Gasteiger partial charge in [0.15, 0.2) is 17.5 Å². The van der Waals surface area contributed by atoms with Gasteiger partial charge in [0, 0.05) is 27.5 Å².